The van der Waals surface area contributed by atoms with Crippen molar-refractivity contribution in [1.82, 2.24) is 5.32 Å². The van der Waals surface area contributed by atoms with Crippen molar-refractivity contribution in [3.05, 3.63) is 35.9 Å². The smallest absolute Gasteiger partial charge is 0.325 e. The van der Waals surface area contributed by atoms with Gasteiger partial charge in [0.15, 0.2) is 0 Å². The molecule has 5 heteroatoms. The highest BCUT2D eigenvalue weighted by molar-refractivity contribution is 5.78. The van der Waals surface area contributed by atoms with Gasteiger partial charge < -0.3 is 14.8 Å². The maximum Gasteiger partial charge on any atom is 0.325 e. The molecule has 0 heterocycles. The van der Waals surface area contributed by atoms with Crippen LogP contribution in [-0.4, -0.2) is 45.7 Å². The van der Waals surface area contributed by atoms with Gasteiger partial charge in [0.1, 0.15) is 11.8 Å². The highest BCUT2D eigenvalue weighted by atomic mass is 16.5. The molecule has 126 valence electrons. The van der Waals surface area contributed by atoms with Crippen LogP contribution in [0, 0.1) is 0 Å². The Morgan fingerprint density at radius 2 is 1.68 bits per heavy atom. The van der Waals surface area contributed by atoms with Gasteiger partial charge in [-0.1, -0.05) is 44.2 Å². The minimum Gasteiger partial charge on any atom is -0.468 e. The Kier molecular flexibility index (Phi) is 16.1. The van der Waals surface area contributed by atoms with E-state index in [2.05, 4.69) is 10.1 Å². The van der Waals surface area contributed by atoms with Crippen molar-refractivity contribution < 1.29 is 19.1 Å². The molecule has 0 amide bonds. The molecule has 0 bridgehead atoms. The number of rotatable bonds is 6. The molecule has 1 rings (SSSR count). The minimum absolute atomic E-state index is 0.214. The van der Waals surface area contributed by atoms with Gasteiger partial charge in [0.25, 0.3) is 0 Å². The van der Waals surface area contributed by atoms with Crippen molar-refractivity contribution >= 4 is 11.8 Å². The number of carbonyl (C=O) groups is 2. The molecule has 1 unspecified atom stereocenters. The molecule has 0 saturated heterocycles. The maximum atomic E-state index is 10.8. The maximum absolute atomic E-state index is 10.8. The van der Waals surface area contributed by atoms with Gasteiger partial charge in [-0.2, -0.15) is 0 Å². The highest BCUT2D eigenvalue weighted by Gasteiger charge is 2.15. The molecule has 1 aromatic rings. The average Bonchev–Trinajstić information content (AvgIpc) is 2.54. The van der Waals surface area contributed by atoms with Crippen molar-refractivity contribution in [3.8, 4) is 0 Å². The highest BCUT2D eigenvalue weighted by Crippen LogP contribution is 1.98. The lowest BCUT2D eigenvalue weighted by molar-refractivity contribution is -0.144. The topological polar surface area (TPSA) is 64.6 Å². The van der Waals surface area contributed by atoms with Gasteiger partial charge in [0, 0.05) is 13.5 Å². The summed E-state index contributed by atoms with van der Waals surface area (Å²) in [7, 11) is 4.57. The number of hydrogen-bond acceptors (Lipinski definition) is 5. The molecule has 0 aromatic heterocycles. The van der Waals surface area contributed by atoms with E-state index in [1.54, 1.807) is 14.0 Å². The predicted molar refractivity (Wildman–Crippen MR) is 88.9 cm³/mol. The standard InChI is InChI=1S/C9H10O.C6H13NO3.C2H6/c1-8(10)7-9-5-3-2-4-6-9;1-7-5(4-9-2)6(8)10-3;1-2/h2-6H,7H2,1H3;5,7H,4H2,1-3H3;1-2H3. The summed E-state index contributed by atoms with van der Waals surface area (Å²) in [6.45, 7) is 5.94. The van der Waals surface area contributed by atoms with E-state index in [-0.39, 0.29) is 17.8 Å². The van der Waals surface area contributed by atoms with Crippen LogP contribution in [0.4, 0.5) is 0 Å². The molecular formula is C17H29NO4. The van der Waals surface area contributed by atoms with E-state index in [1.165, 1.54) is 14.2 Å². The van der Waals surface area contributed by atoms with Crippen LogP contribution < -0.4 is 5.32 Å². The van der Waals surface area contributed by atoms with Crippen molar-refractivity contribution in [1.29, 1.82) is 0 Å². The first-order valence-corrected chi connectivity index (χ1v) is 7.32. The Balaban J connectivity index is 0. The zero-order chi connectivity index (χ0) is 17.4. The van der Waals surface area contributed by atoms with E-state index in [0.29, 0.717) is 13.0 Å². The normalized spacial score (nSPS) is 10.3. The number of benzene rings is 1. The fourth-order valence-electron chi connectivity index (χ4n) is 1.46. The van der Waals surface area contributed by atoms with Gasteiger partial charge in [-0.05, 0) is 19.5 Å². The molecule has 0 spiro atoms. The van der Waals surface area contributed by atoms with Crippen LogP contribution in [0.15, 0.2) is 30.3 Å². The number of esters is 1. The number of hydrogen-bond donors (Lipinski definition) is 1. The first-order valence-electron chi connectivity index (χ1n) is 7.32. The Hall–Kier alpha value is -1.72. The fourth-order valence-corrected chi connectivity index (χ4v) is 1.46. The van der Waals surface area contributed by atoms with Gasteiger partial charge in [-0.3, -0.25) is 9.59 Å². The predicted octanol–water partition coefficient (Wildman–Crippen LogP) is 2.24. The van der Waals surface area contributed by atoms with Crippen LogP contribution in [0.1, 0.15) is 26.3 Å². The van der Waals surface area contributed by atoms with Crippen molar-refractivity contribution in [2.24, 2.45) is 0 Å². The molecule has 0 aliphatic carbocycles. The lowest BCUT2D eigenvalue weighted by atomic mass is 10.1. The molecule has 0 aliphatic heterocycles. The molecule has 0 aliphatic rings. The summed E-state index contributed by atoms with van der Waals surface area (Å²) < 4.78 is 9.23. The second-order valence-electron chi connectivity index (χ2n) is 4.18. The number of nitrogens with one attached hydrogen (secondary N) is 1. The molecule has 1 atom stereocenters. The van der Waals surface area contributed by atoms with E-state index >= 15 is 0 Å². The average molecular weight is 311 g/mol. The Bertz CT molecular complexity index is 393. The number of ketones is 1. The zero-order valence-corrected chi connectivity index (χ0v) is 14.5. The van der Waals surface area contributed by atoms with E-state index in [4.69, 9.17) is 4.74 Å². The zero-order valence-electron chi connectivity index (χ0n) is 14.5. The van der Waals surface area contributed by atoms with E-state index in [1.807, 2.05) is 44.2 Å². The van der Waals surface area contributed by atoms with Gasteiger partial charge in [-0.25, -0.2) is 0 Å². The first kappa shape index (κ1) is 22.6. The van der Waals surface area contributed by atoms with Crippen molar-refractivity contribution in [2.45, 2.75) is 33.2 Å². The van der Waals surface area contributed by atoms with Crippen molar-refractivity contribution in [3.63, 3.8) is 0 Å². The number of carbonyl (C=O) groups excluding carboxylic acids is 2. The van der Waals surface area contributed by atoms with Gasteiger partial charge in [-0.15, -0.1) is 0 Å². The SMILES string of the molecule is CC.CC(=O)Cc1ccccc1.CNC(COC)C(=O)OC. The number of methoxy groups -OCH3 is 2. The van der Waals surface area contributed by atoms with E-state index in [0.717, 1.165) is 5.56 Å². The molecule has 5 nitrogen and oxygen atoms in total. The molecule has 22 heavy (non-hydrogen) atoms. The number of ether oxygens (including phenoxy) is 2. The second-order valence-corrected chi connectivity index (χ2v) is 4.18. The second kappa shape index (κ2) is 15.7. The molecular weight excluding hydrogens is 282 g/mol. The summed E-state index contributed by atoms with van der Waals surface area (Å²) in [5, 5.41) is 2.75. The Morgan fingerprint density at radius 3 is 2.05 bits per heavy atom. The molecule has 1 N–H and O–H groups in total. The lowest BCUT2D eigenvalue weighted by Gasteiger charge is -2.11. The third-order valence-electron chi connectivity index (χ3n) is 2.46. The van der Waals surface area contributed by atoms with Crippen LogP contribution in [0.3, 0.4) is 0 Å². The monoisotopic (exact) mass is 311 g/mol. The summed E-state index contributed by atoms with van der Waals surface area (Å²) in [6.07, 6.45) is 0.556. The summed E-state index contributed by atoms with van der Waals surface area (Å²) in [6, 6.07) is 9.40. The molecule has 0 fully saturated rings. The largest absolute Gasteiger partial charge is 0.468 e. The van der Waals surface area contributed by atoms with E-state index < -0.39 is 0 Å². The molecule has 0 saturated carbocycles. The first-order chi connectivity index (χ1) is 10.5. The van der Waals surface area contributed by atoms with Crippen LogP contribution >= 0.6 is 0 Å². The molecule has 1 aromatic carbocycles. The van der Waals surface area contributed by atoms with Gasteiger partial charge in [0.2, 0.25) is 0 Å². The van der Waals surface area contributed by atoms with Crippen LogP contribution in [0.25, 0.3) is 0 Å². The summed E-state index contributed by atoms with van der Waals surface area (Å²) in [4.78, 5) is 21.4. The molecule has 0 radical (unpaired) electrons. The number of Topliss-reactive ketones (excluding diaryl/α,β-unsaturated/α-hetero) is 1. The summed E-state index contributed by atoms with van der Waals surface area (Å²) in [5.74, 6) is -0.0875. The van der Waals surface area contributed by atoms with Gasteiger partial charge in [0.05, 0.1) is 13.7 Å². The minimum atomic E-state index is -0.352. The van der Waals surface area contributed by atoms with Crippen LogP contribution in [-0.2, 0) is 25.5 Å². The lowest BCUT2D eigenvalue weighted by Crippen LogP contribution is -2.38. The van der Waals surface area contributed by atoms with Crippen LogP contribution in [0.2, 0.25) is 0 Å². The van der Waals surface area contributed by atoms with E-state index in [9.17, 15) is 9.59 Å². The van der Waals surface area contributed by atoms with Crippen LogP contribution in [0.5, 0.6) is 0 Å². The summed E-state index contributed by atoms with van der Waals surface area (Å²) in [5.41, 5.74) is 1.09. The quantitative estimate of drug-likeness (QED) is 0.816. The third-order valence-corrected chi connectivity index (χ3v) is 2.46. The Labute approximate surface area is 134 Å². The summed E-state index contributed by atoms with van der Waals surface area (Å²) >= 11 is 0. The Morgan fingerprint density at radius 1 is 1.14 bits per heavy atom. The fraction of sp³-hybridized carbons (Fsp3) is 0.529. The third kappa shape index (κ3) is 12.1. The van der Waals surface area contributed by atoms with Crippen molar-refractivity contribution in [2.75, 3.05) is 27.9 Å². The number of likely N-dealkylation sites (N-methyl/N-ethyl adjacent to an activating group) is 1. The van der Waals surface area contributed by atoms with Gasteiger partial charge >= 0.3 is 5.97 Å².